The van der Waals surface area contributed by atoms with Gasteiger partial charge in [0.15, 0.2) is 0 Å². The van der Waals surface area contributed by atoms with E-state index >= 15 is 0 Å². The molecule has 0 aromatic heterocycles. The molecule has 0 spiro atoms. The van der Waals surface area contributed by atoms with Gasteiger partial charge in [-0.3, -0.25) is 0 Å². The van der Waals surface area contributed by atoms with Crippen molar-refractivity contribution in [3.05, 3.63) is 12.2 Å². The molecule has 0 aromatic carbocycles. The molecule has 0 amide bonds. The Labute approximate surface area is 93.0 Å². The quantitative estimate of drug-likeness (QED) is 0.404. The maximum absolute atomic E-state index is 9.39. The van der Waals surface area contributed by atoms with Gasteiger partial charge in [0.05, 0.1) is 18.8 Å². The lowest BCUT2D eigenvalue weighted by atomic mass is 10.1. The summed E-state index contributed by atoms with van der Waals surface area (Å²) in [4.78, 5) is 0. The lowest BCUT2D eigenvalue weighted by Gasteiger charge is -2.11. The molecule has 0 saturated heterocycles. The van der Waals surface area contributed by atoms with Gasteiger partial charge in [-0.2, -0.15) is 0 Å². The molecular weight excluding hydrogens is 190 g/mol. The Kier molecular flexibility index (Phi) is 9.89. The average Bonchev–Trinajstić information content (AvgIpc) is 2.26. The van der Waals surface area contributed by atoms with Gasteiger partial charge in [0.2, 0.25) is 0 Å². The molecule has 3 heteroatoms. The molecule has 0 saturated carbocycles. The highest BCUT2D eigenvalue weighted by molar-refractivity contribution is 4.93. The highest BCUT2D eigenvalue weighted by atomic mass is 16.3. The predicted octanol–water partition coefficient (Wildman–Crippen LogP) is 1.58. The van der Waals surface area contributed by atoms with Gasteiger partial charge in [-0.15, -0.1) is 0 Å². The van der Waals surface area contributed by atoms with Crippen molar-refractivity contribution in [2.75, 3.05) is 6.61 Å². The SMILES string of the molecule is CCCCCCCC=C[C@@H](O)[C@@H](N)CO. The van der Waals surface area contributed by atoms with Crippen LogP contribution in [0.2, 0.25) is 0 Å². The highest BCUT2D eigenvalue weighted by Gasteiger charge is 2.08. The molecule has 0 bridgehead atoms. The predicted molar refractivity (Wildman–Crippen MR) is 63.6 cm³/mol. The van der Waals surface area contributed by atoms with Gasteiger partial charge < -0.3 is 15.9 Å². The Balaban J connectivity index is 3.37. The van der Waals surface area contributed by atoms with Crippen molar-refractivity contribution in [1.29, 1.82) is 0 Å². The third kappa shape index (κ3) is 8.60. The second-order valence-electron chi connectivity index (χ2n) is 3.97. The Hall–Kier alpha value is -0.380. The lowest BCUT2D eigenvalue weighted by Crippen LogP contribution is -2.36. The summed E-state index contributed by atoms with van der Waals surface area (Å²) in [5, 5.41) is 18.1. The van der Waals surface area contributed by atoms with Gasteiger partial charge >= 0.3 is 0 Å². The Morgan fingerprint density at radius 2 is 1.87 bits per heavy atom. The van der Waals surface area contributed by atoms with Gasteiger partial charge in [-0.1, -0.05) is 44.8 Å². The summed E-state index contributed by atoms with van der Waals surface area (Å²) >= 11 is 0. The third-order valence-corrected chi connectivity index (χ3v) is 2.46. The minimum absolute atomic E-state index is 0.179. The van der Waals surface area contributed by atoms with E-state index in [1.54, 1.807) is 6.08 Å². The topological polar surface area (TPSA) is 66.5 Å². The second-order valence-corrected chi connectivity index (χ2v) is 3.97. The Bertz CT molecular complexity index is 160. The van der Waals surface area contributed by atoms with E-state index in [2.05, 4.69) is 6.92 Å². The van der Waals surface area contributed by atoms with Crippen LogP contribution in [0.15, 0.2) is 12.2 Å². The van der Waals surface area contributed by atoms with Gasteiger partial charge in [0.1, 0.15) is 0 Å². The van der Waals surface area contributed by atoms with Crippen LogP contribution in [0, 0.1) is 0 Å². The maximum Gasteiger partial charge on any atom is 0.0894 e. The van der Waals surface area contributed by atoms with E-state index in [4.69, 9.17) is 10.8 Å². The zero-order valence-electron chi connectivity index (χ0n) is 9.73. The molecule has 3 nitrogen and oxygen atoms in total. The first kappa shape index (κ1) is 14.6. The number of allylic oxidation sites excluding steroid dienone is 1. The number of aliphatic hydroxyl groups excluding tert-OH is 2. The van der Waals surface area contributed by atoms with Crippen LogP contribution in [0.25, 0.3) is 0 Å². The normalized spacial score (nSPS) is 15.7. The highest BCUT2D eigenvalue weighted by Crippen LogP contribution is 2.05. The lowest BCUT2D eigenvalue weighted by molar-refractivity contribution is 0.144. The maximum atomic E-state index is 9.39. The third-order valence-electron chi connectivity index (χ3n) is 2.46. The summed E-state index contributed by atoms with van der Waals surface area (Å²) in [6.07, 6.45) is 10.2. The first-order valence-corrected chi connectivity index (χ1v) is 5.93. The molecule has 0 rings (SSSR count). The summed E-state index contributed by atoms with van der Waals surface area (Å²) in [7, 11) is 0. The minimum atomic E-state index is -0.717. The van der Waals surface area contributed by atoms with Crippen molar-refractivity contribution >= 4 is 0 Å². The molecule has 0 aromatic rings. The average molecular weight is 215 g/mol. The number of nitrogens with two attached hydrogens (primary N) is 1. The zero-order chi connectivity index (χ0) is 11.5. The van der Waals surface area contributed by atoms with E-state index in [0.29, 0.717) is 0 Å². The summed E-state index contributed by atoms with van der Waals surface area (Å²) in [5.74, 6) is 0. The van der Waals surface area contributed by atoms with E-state index in [0.717, 1.165) is 12.8 Å². The standard InChI is InChI=1S/C12H25NO2/c1-2-3-4-5-6-7-8-9-12(15)11(13)10-14/h8-9,11-12,14-15H,2-7,10,13H2,1H3/t11-,12+/m0/s1. The molecule has 0 fully saturated rings. The van der Waals surface area contributed by atoms with Crippen molar-refractivity contribution in [2.24, 2.45) is 5.73 Å². The molecule has 4 N–H and O–H groups in total. The smallest absolute Gasteiger partial charge is 0.0894 e. The van der Waals surface area contributed by atoms with Crippen LogP contribution in [0.3, 0.4) is 0 Å². The number of aliphatic hydroxyl groups is 2. The molecule has 0 unspecified atom stereocenters. The fourth-order valence-electron chi connectivity index (χ4n) is 1.35. The van der Waals surface area contributed by atoms with Gasteiger partial charge in [-0.25, -0.2) is 0 Å². The molecule has 0 aliphatic heterocycles. The molecule has 0 heterocycles. The van der Waals surface area contributed by atoms with Crippen molar-refractivity contribution in [2.45, 2.75) is 57.6 Å². The van der Waals surface area contributed by atoms with Crippen LogP contribution in [0.4, 0.5) is 0 Å². The largest absolute Gasteiger partial charge is 0.395 e. The molecular formula is C12H25NO2. The van der Waals surface area contributed by atoms with E-state index in [9.17, 15) is 5.11 Å². The first-order valence-electron chi connectivity index (χ1n) is 5.93. The van der Waals surface area contributed by atoms with Crippen molar-refractivity contribution in [1.82, 2.24) is 0 Å². The molecule has 0 aliphatic carbocycles. The van der Waals surface area contributed by atoms with Crippen molar-refractivity contribution in [3.8, 4) is 0 Å². The number of unbranched alkanes of at least 4 members (excludes halogenated alkanes) is 5. The molecule has 0 aliphatic rings. The summed E-state index contributed by atoms with van der Waals surface area (Å²) in [6.45, 7) is 2.02. The van der Waals surface area contributed by atoms with Crippen LogP contribution in [0.5, 0.6) is 0 Å². The minimum Gasteiger partial charge on any atom is -0.395 e. The first-order chi connectivity index (χ1) is 7.22. The molecule has 0 radical (unpaired) electrons. The van der Waals surface area contributed by atoms with Crippen LogP contribution in [-0.4, -0.2) is 29.0 Å². The van der Waals surface area contributed by atoms with Gasteiger partial charge in [-0.05, 0) is 12.8 Å². The molecule has 2 atom stereocenters. The van der Waals surface area contributed by atoms with E-state index < -0.39 is 12.1 Å². The fraction of sp³-hybridized carbons (Fsp3) is 0.833. The number of rotatable bonds is 9. The van der Waals surface area contributed by atoms with Crippen LogP contribution < -0.4 is 5.73 Å². The van der Waals surface area contributed by atoms with Crippen LogP contribution in [0.1, 0.15) is 45.4 Å². The Morgan fingerprint density at radius 3 is 2.47 bits per heavy atom. The van der Waals surface area contributed by atoms with Crippen molar-refractivity contribution < 1.29 is 10.2 Å². The summed E-state index contributed by atoms with van der Waals surface area (Å²) in [6, 6.07) is -0.554. The van der Waals surface area contributed by atoms with Crippen molar-refractivity contribution in [3.63, 3.8) is 0 Å². The van der Waals surface area contributed by atoms with Gasteiger partial charge in [0.25, 0.3) is 0 Å². The monoisotopic (exact) mass is 215 g/mol. The summed E-state index contributed by atoms with van der Waals surface area (Å²) in [5.41, 5.74) is 5.45. The van der Waals surface area contributed by atoms with E-state index in [-0.39, 0.29) is 6.61 Å². The summed E-state index contributed by atoms with van der Waals surface area (Å²) < 4.78 is 0. The number of hydrogen-bond acceptors (Lipinski definition) is 3. The number of hydrogen-bond donors (Lipinski definition) is 3. The Morgan fingerprint density at radius 1 is 1.20 bits per heavy atom. The van der Waals surface area contributed by atoms with Gasteiger partial charge in [0, 0.05) is 0 Å². The van der Waals surface area contributed by atoms with Crippen LogP contribution in [-0.2, 0) is 0 Å². The van der Waals surface area contributed by atoms with Crippen LogP contribution >= 0.6 is 0 Å². The second kappa shape index (κ2) is 10.1. The zero-order valence-corrected chi connectivity index (χ0v) is 9.73. The van der Waals surface area contributed by atoms with E-state index in [1.165, 1.54) is 25.7 Å². The van der Waals surface area contributed by atoms with E-state index in [1.807, 2.05) is 6.08 Å². The molecule has 90 valence electrons. The molecule has 15 heavy (non-hydrogen) atoms. The fourth-order valence-corrected chi connectivity index (χ4v) is 1.35.